The van der Waals surface area contributed by atoms with E-state index in [2.05, 4.69) is 56.5 Å². The molecule has 1 saturated carbocycles. The molecule has 2 rings (SSSR count). The summed E-state index contributed by atoms with van der Waals surface area (Å²) in [7, 11) is 0. The zero-order valence-corrected chi connectivity index (χ0v) is 18.7. The van der Waals surface area contributed by atoms with Gasteiger partial charge in [0.05, 0.1) is 0 Å². The predicted molar refractivity (Wildman–Crippen MR) is 125 cm³/mol. The molecule has 0 aromatic heterocycles. The highest BCUT2D eigenvalue weighted by atomic mass is 14.3. The quantitative estimate of drug-likeness (QED) is 0.206. The first kappa shape index (κ1) is 22.8. The third-order valence-corrected chi connectivity index (χ3v) is 6.53. The van der Waals surface area contributed by atoms with E-state index in [1.54, 1.807) is 0 Å². The molecule has 1 aromatic carbocycles. The Kier molecular flexibility index (Phi) is 10.5. The third kappa shape index (κ3) is 8.26. The van der Waals surface area contributed by atoms with Gasteiger partial charge in [0.25, 0.3) is 0 Å². The van der Waals surface area contributed by atoms with Gasteiger partial charge >= 0.3 is 0 Å². The van der Waals surface area contributed by atoms with Gasteiger partial charge in [0, 0.05) is 5.92 Å². The first-order valence-corrected chi connectivity index (χ1v) is 11.8. The maximum absolute atomic E-state index is 4.06. The molecule has 0 radical (unpaired) electrons. The van der Waals surface area contributed by atoms with Gasteiger partial charge in [-0.1, -0.05) is 100 Å². The second kappa shape index (κ2) is 12.9. The lowest BCUT2D eigenvalue weighted by atomic mass is 9.77. The van der Waals surface area contributed by atoms with Gasteiger partial charge in [-0.2, -0.15) is 0 Å². The van der Waals surface area contributed by atoms with E-state index >= 15 is 0 Å². The Labute approximate surface area is 175 Å². The molecule has 154 valence electrons. The van der Waals surface area contributed by atoms with E-state index in [1.807, 2.05) is 6.92 Å². The van der Waals surface area contributed by atoms with E-state index in [4.69, 9.17) is 0 Å². The van der Waals surface area contributed by atoms with Gasteiger partial charge in [0.2, 0.25) is 0 Å². The Morgan fingerprint density at radius 1 is 1.00 bits per heavy atom. The molecule has 0 N–H and O–H groups in total. The molecule has 1 unspecified atom stereocenters. The fourth-order valence-corrected chi connectivity index (χ4v) is 4.73. The lowest BCUT2D eigenvalue weighted by molar-refractivity contribution is 0.249. The number of hydrogen-bond acceptors (Lipinski definition) is 0. The van der Waals surface area contributed by atoms with Crippen LogP contribution in [-0.4, -0.2) is 0 Å². The maximum Gasteiger partial charge on any atom is 0.0489 e. The SMILES string of the molecule is C=C(C)CC(C#CC)c1ccc(CCC2CCC(CCCCCC)CC2)cc1. The van der Waals surface area contributed by atoms with Crippen molar-refractivity contribution in [2.75, 3.05) is 0 Å². The van der Waals surface area contributed by atoms with Crippen LogP contribution in [0.5, 0.6) is 0 Å². The van der Waals surface area contributed by atoms with Crippen molar-refractivity contribution in [1.82, 2.24) is 0 Å². The van der Waals surface area contributed by atoms with E-state index in [-0.39, 0.29) is 0 Å². The fourth-order valence-electron chi connectivity index (χ4n) is 4.73. The summed E-state index contributed by atoms with van der Waals surface area (Å²) >= 11 is 0. The summed E-state index contributed by atoms with van der Waals surface area (Å²) in [5.74, 6) is 8.71. The van der Waals surface area contributed by atoms with Crippen molar-refractivity contribution in [2.45, 2.75) is 104 Å². The molecule has 1 aliphatic carbocycles. The molecule has 28 heavy (non-hydrogen) atoms. The number of allylic oxidation sites excluding steroid dienone is 1. The molecular weight excluding hydrogens is 336 g/mol. The van der Waals surface area contributed by atoms with Crippen LogP contribution in [0, 0.1) is 23.7 Å². The molecule has 0 heterocycles. The molecule has 0 spiro atoms. The number of benzene rings is 1. The summed E-state index contributed by atoms with van der Waals surface area (Å²) in [6.07, 6.45) is 16.6. The highest BCUT2D eigenvalue weighted by molar-refractivity contribution is 5.32. The van der Waals surface area contributed by atoms with E-state index < -0.39 is 0 Å². The Bertz CT molecular complexity index is 616. The molecule has 0 bridgehead atoms. The second-order valence-electron chi connectivity index (χ2n) is 9.12. The van der Waals surface area contributed by atoms with Crippen molar-refractivity contribution in [2.24, 2.45) is 11.8 Å². The maximum atomic E-state index is 4.06. The minimum atomic E-state index is 0.296. The highest BCUT2D eigenvalue weighted by Gasteiger charge is 2.20. The summed E-state index contributed by atoms with van der Waals surface area (Å²) in [4.78, 5) is 0. The average molecular weight is 379 g/mol. The molecule has 1 aromatic rings. The third-order valence-electron chi connectivity index (χ3n) is 6.53. The van der Waals surface area contributed by atoms with Crippen molar-refractivity contribution in [3.8, 4) is 11.8 Å². The topological polar surface area (TPSA) is 0 Å². The molecular formula is C28H42. The van der Waals surface area contributed by atoms with Gasteiger partial charge < -0.3 is 0 Å². The van der Waals surface area contributed by atoms with E-state index in [1.165, 1.54) is 87.3 Å². The fraction of sp³-hybridized carbons (Fsp3) is 0.643. The van der Waals surface area contributed by atoms with Crippen LogP contribution in [0.15, 0.2) is 36.4 Å². The summed E-state index contributed by atoms with van der Waals surface area (Å²) in [5.41, 5.74) is 4.03. The largest absolute Gasteiger partial charge is 0.106 e. The predicted octanol–water partition coefficient (Wildman–Crippen LogP) is 8.47. The van der Waals surface area contributed by atoms with Crippen LogP contribution in [0.1, 0.15) is 108 Å². The molecule has 0 nitrogen and oxygen atoms in total. The van der Waals surface area contributed by atoms with Gasteiger partial charge in [0.15, 0.2) is 0 Å². The van der Waals surface area contributed by atoms with Crippen molar-refractivity contribution in [1.29, 1.82) is 0 Å². The molecule has 1 aliphatic rings. The van der Waals surface area contributed by atoms with Gasteiger partial charge in [0.1, 0.15) is 0 Å². The zero-order chi connectivity index (χ0) is 20.2. The monoisotopic (exact) mass is 378 g/mol. The standard InChI is InChI=1S/C28H42/c1-5-7-8-9-11-24-12-14-25(15-13-24)16-17-26-18-20-27(21-19-26)28(10-6-2)22-23(3)4/h18-21,24-25,28H,3,5,7-9,11-17,22H2,1-2,4H3. The normalized spacial score (nSPS) is 20.2. The van der Waals surface area contributed by atoms with E-state index in [9.17, 15) is 0 Å². The van der Waals surface area contributed by atoms with Gasteiger partial charge in [-0.15, -0.1) is 12.5 Å². The molecule has 0 aliphatic heterocycles. The summed E-state index contributed by atoms with van der Waals surface area (Å²) in [6.45, 7) is 10.4. The first-order chi connectivity index (χ1) is 13.6. The van der Waals surface area contributed by atoms with Crippen LogP contribution < -0.4 is 0 Å². The van der Waals surface area contributed by atoms with Crippen LogP contribution >= 0.6 is 0 Å². The minimum Gasteiger partial charge on any atom is -0.106 e. The summed E-state index contributed by atoms with van der Waals surface area (Å²) in [6, 6.07) is 9.25. The number of rotatable bonds is 11. The van der Waals surface area contributed by atoms with Crippen LogP contribution in [-0.2, 0) is 6.42 Å². The van der Waals surface area contributed by atoms with Gasteiger partial charge in [-0.05, 0) is 56.1 Å². The van der Waals surface area contributed by atoms with E-state index in [0.717, 1.165) is 18.3 Å². The Morgan fingerprint density at radius 2 is 1.64 bits per heavy atom. The zero-order valence-electron chi connectivity index (χ0n) is 18.7. The molecule has 0 saturated heterocycles. The minimum absolute atomic E-state index is 0.296. The molecule has 1 atom stereocenters. The lowest BCUT2D eigenvalue weighted by Gasteiger charge is -2.28. The molecule has 0 amide bonds. The lowest BCUT2D eigenvalue weighted by Crippen LogP contribution is -2.15. The molecule has 1 fully saturated rings. The van der Waals surface area contributed by atoms with E-state index in [0.29, 0.717) is 5.92 Å². The van der Waals surface area contributed by atoms with Gasteiger partial charge in [-0.3, -0.25) is 0 Å². The number of hydrogen-bond donors (Lipinski definition) is 0. The smallest absolute Gasteiger partial charge is 0.0489 e. The summed E-state index contributed by atoms with van der Waals surface area (Å²) in [5, 5.41) is 0. The van der Waals surface area contributed by atoms with Crippen LogP contribution in [0.3, 0.4) is 0 Å². The first-order valence-electron chi connectivity index (χ1n) is 11.8. The Balaban J connectivity index is 1.73. The summed E-state index contributed by atoms with van der Waals surface area (Å²) < 4.78 is 0. The van der Waals surface area contributed by atoms with Crippen LogP contribution in [0.2, 0.25) is 0 Å². The van der Waals surface area contributed by atoms with Crippen molar-refractivity contribution in [3.05, 3.63) is 47.5 Å². The molecule has 0 heteroatoms. The average Bonchev–Trinajstić information content (AvgIpc) is 2.70. The number of aryl methyl sites for hydroxylation is 1. The van der Waals surface area contributed by atoms with Crippen molar-refractivity contribution >= 4 is 0 Å². The second-order valence-corrected chi connectivity index (χ2v) is 9.12. The van der Waals surface area contributed by atoms with Crippen LogP contribution in [0.4, 0.5) is 0 Å². The van der Waals surface area contributed by atoms with Crippen molar-refractivity contribution in [3.63, 3.8) is 0 Å². The number of unbranched alkanes of at least 4 members (excludes halogenated alkanes) is 3. The Morgan fingerprint density at radius 3 is 2.21 bits per heavy atom. The highest BCUT2D eigenvalue weighted by Crippen LogP contribution is 2.34. The Hall–Kier alpha value is -1.48. The van der Waals surface area contributed by atoms with Crippen molar-refractivity contribution < 1.29 is 0 Å². The van der Waals surface area contributed by atoms with Crippen LogP contribution in [0.25, 0.3) is 0 Å². The van der Waals surface area contributed by atoms with Gasteiger partial charge in [-0.25, -0.2) is 0 Å².